The number of halogens is 1. The van der Waals surface area contributed by atoms with Gasteiger partial charge in [0.1, 0.15) is 5.84 Å². The first-order valence-electron chi connectivity index (χ1n) is 9.28. The summed E-state index contributed by atoms with van der Waals surface area (Å²) in [6.07, 6.45) is 3.00. The number of nitrogens with one attached hydrogen (secondary N) is 2. The van der Waals surface area contributed by atoms with Gasteiger partial charge >= 0.3 is 11.9 Å². The van der Waals surface area contributed by atoms with E-state index in [0.29, 0.717) is 39.3 Å². The fourth-order valence-corrected chi connectivity index (χ4v) is 2.80. The Bertz CT molecular complexity index is 548. The molecule has 1 rings (SSSR count). The highest BCUT2D eigenvalue weighted by molar-refractivity contribution is 14.1. The van der Waals surface area contributed by atoms with Crippen molar-refractivity contribution in [2.24, 2.45) is 5.41 Å². The second-order valence-corrected chi connectivity index (χ2v) is 7.13. The summed E-state index contributed by atoms with van der Waals surface area (Å²) >= 11 is 2.28. The predicted molar refractivity (Wildman–Crippen MR) is 110 cm³/mol. The highest BCUT2D eigenvalue weighted by Gasteiger charge is 2.38. The second-order valence-electron chi connectivity index (χ2n) is 6.05. The lowest BCUT2D eigenvalue weighted by Crippen LogP contribution is -2.47. The van der Waals surface area contributed by atoms with E-state index in [1.165, 1.54) is 0 Å². The molecule has 0 aromatic heterocycles. The summed E-state index contributed by atoms with van der Waals surface area (Å²) in [6, 6.07) is 0. The Morgan fingerprint density at radius 1 is 1.21 bits per heavy atom. The fraction of sp³-hybridized carbons (Fsp3) is 0.722. The van der Waals surface area contributed by atoms with Crippen molar-refractivity contribution in [2.75, 3.05) is 44.1 Å². The number of carbonyl (C=O) groups is 2. The maximum absolute atomic E-state index is 12.0. The molecular formula is C18H29IN2O7. The van der Waals surface area contributed by atoms with Gasteiger partial charge in [0.25, 0.3) is 0 Å². The molecule has 1 fully saturated rings. The highest BCUT2D eigenvalue weighted by Crippen LogP contribution is 2.31. The van der Waals surface area contributed by atoms with Crippen LogP contribution in [0.2, 0.25) is 0 Å². The van der Waals surface area contributed by atoms with E-state index in [1.54, 1.807) is 13.8 Å². The van der Waals surface area contributed by atoms with Crippen LogP contribution in [-0.2, 0) is 33.4 Å². The summed E-state index contributed by atoms with van der Waals surface area (Å²) in [5.74, 6) is -1.88. The van der Waals surface area contributed by atoms with Crippen molar-refractivity contribution in [2.45, 2.75) is 33.1 Å². The van der Waals surface area contributed by atoms with Crippen molar-refractivity contribution in [1.29, 1.82) is 5.41 Å². The van der Waals surface area contributed by atoms with E-state index in [2.05, 4.69) is 28.1 Å². The summed E-state index contributed by atoms with van der Waals surface area (Å²) in [5.41, 5.74) is 1.89. The van der Waals surface area contributed by atoms with Crippen LogP contribution in [0.15, 0.2) is 11.8 Å². The van der Waals surface area contributed by atoms with E-state index >= 15 is 0 Å². The van der Waals surface area contributed by atoms with Gasteiger partial charge in [-0.15, -0.1) is 0 Å². The number of hydroxylamine groups is 1. The van der Waals surface area contributed by atoms with Crippen molar-refractivity contribution in [3.63, 3.8) is 0 Å². The van der Waals surface area contributed by atoms with Crippen molar-refractivity contribution >= 4 is 40.4 Å². The maximum atomic E-state index is 12.0. The molecule has 160 valence electrons. The minimum atomic E-state index is -0.824. The van der Waals surface area contributed by atoms with Gasteiger partial charge in [-0.05, 0) is 33.1 Å². The van der Waals surface area contributed by atoms with Crippen LogP contribution < -0.4 is 5.48 Å². The number of amidine groups is 1. The molecule has 0 bridgehead atoms. The van der Waals surface area contributed by atoms with E-state index < -0.39 is 17.4 Å². The number of esters is 2. The third-order valence-electron chi connectivity index (χ3n) is 4.06. The molecule has 0 aromatic rings. The largest absolute Gasteiger partial charge is 0.463 e. The Kier molecular flexibility index (Phi) is 12.1. The monoisotopic (exact) mass is 512 g/mol. The molecule has 2 N–H and O–H groups in total. The maximum Gasteiger partial charge on any atom is 0.377 e. The Labute approximate surface area is 179 Å². The smallest absolute Gasteiger partial charge is 0.377 e. The lowest BCUT2D eigenvalue weighted by Gasteiger charge is -2.37. The Morgan fingerprint density at radius 3 is 2.50 bits per heavy atom. The molecule has 0 aliphatic carbocycles. The quantitative estimate of drug-likeness (QED) is 0.0471. The van der Waals surface area contributed by atoms with Gasteiger partial charge in [-0.2, -0.15) is 0 Å². The molecule has 0 radical (unpaired) electrons. The summed E-state index contributed by atoms with van der Waals surface area (Å²) in [7, 11) is 0. The Morgan fingerprint density at radius 2 is 1.89 bits per heavy atom. The highest BCUT2D eigenvalue weighted by atomic mass is 127. The van der Waals surface area contributed by atoms with E-state index in [-0.39, 0.29) is 24.8 Å². The second kappa shape index (κ2) is 13.7. The predicted octanol–water partition coefficient (Wildman–Crippen LogP) is 2.13. The van der Waals surface area contributed by atoms with E-state index in [4.69, 9.17) is 29.2 Å². The average molecular weight is 512 g/mol. The number of ether oxygens (including phenoxy) is 4. The van der Waals surface area contributed by atoms with Gasteiger partial charge in [-0.25, -0.2) is 15.1 Å². The minimum absolute atomic E-state index is 0.0596. The Balaban J connectivity index is 2.79. The van der Waals surface area contributed by atoms with Gasteiger partial charge in [0.2, 0.25) is 5.76 Å². The summed E-state index contributed by atoms with van der Waals surface area (Å²) < 4.78 is 21.8. The summed E-state index contributed by atoms with van der Waals surface area (Å²) in [5, 5.41) is 8.44. The molecule has 1 aliphatic heterocycles. The van der Waals surface area contributed by atoms with Crippen molar-refractivity contribution in [3.8, 4) is 0 Å². The lowest BCUT2D eigenvalue weighted by molar-refractivity contribution is -0.145. The zero-order chi connectivity index (χ0) is 20.8. The van der Waals surface area contributed by atoms with E-state index in [1.807, 2.05) is 0 Å². The topological polar surface area (TPSA) is 116 Å². The molecule has 1 saturated heterocycles. The van der Waals surface area contributed by atoms with Crippen LogP contribution in [0.25, 0.3) is 0 Å². The van der Waals surface area contributed by atoms with Crippen molar-refractivity contribution in [1.82, 2.24) is 5.48 Å². The molecule has 1 aliphatic rings. The van der Waals surface area contributed by atoms with Crippen LogP contribution in [0.4, 0.5) is 0 Å². The van der Waals surface area contributed by atoms with E-state index in [0.717, 1.165) is 16.9 Å². The molecule has 0 saturated carbocycles. The minimum Gasteiger partial charge on any atom is -0.463 e. The molecule has 0 unspecified atom stereocenters. The molecule has 0 aromatic carbocycles. The van der Waals surface area contributed by atoms with Gasteiger partial charge in [0.15, 0.2) is 0 Å². The average Bonchev–Trinajstić information content (AvgIpc) is 2.69. The SMILES string of the molecule is CCOC(=O)/C=C(/ONC(=N)C1(COCCCI)CCOCC1)C(=O)OCC. The third-order valence-corrected chi connectivity index (χ3v) is 4.82. The standard InChI is InChI=1S/C18H29IN2O7/c1-3-26-15(22)12-14(16(23)27-4-2)28-21-17(20)18(6-10-24-11-7-18)13-25-9-5-8-19/h12H,3-11,13H2,1-2H3,(H2,20,21)/b14-12+. The van der Waals surface area contributed by atoms with Crippen molar-refractivity contribution in [3.05, 3.63) is 11.8 Å². The van der Waals surface area contributed by atoms with Gasteiger partial charge in [0, 0.05) is 24.2 Å². The van der Waals surface area contributed by atoms with Crippen LogP contribution in [0.3, 0.4) is 0 Å². The number of hydrogen-bond acceptors (Lipinski definition) is 8. The number of hydrogen-bond donors (Lipinski definition) is 2. The first kappa shape index (κ1) is 24.6. The molecule has 28 heavy (non-hydrogen) atoms. The van der Waals surface area contributed by atoms with Crippen LogP contribution in [-0.4, -0.2) is 61.8 Å². The van der Waals surface area contributed by atoms with Gasteiger partial charge < -0.3 is 23.8 Å². The molecular weight excluding hydrogens is 483 g/mol. The molecule has 0 atom stereocenters. The van der Waals surface area contributed by atoms with Gasteiger partial charge in [-0.1, -0.05) is 22.6 Å². The fourth-order valence-electron chi connectivity index (χ4n) is 2.49. The Hall–Kier alpha value is -1.40. The van der Waals surface area contributed by atoms with Crippen LogP contribution in [0.1, 0.15) is 33.1 Å². The zero-order valence-corrected chi connectivity index (χ0v) is 18.5. The van der Waals surface area contributed by atoms with Crippen molar-refractivity contribution < 1.29 is 33.4 Å². The van der Waals surface area contributed by atoms with Gasteiger partial charge in [-0.3, -0.25) is 5.41 Å². The molecule has 1 heterocycles. The number of carbonyl (C=O) groups excluding carboxylic acids is 2. The summed E-state index contributed by atoms with van der Waals surface area (Å²) in [6.45, 7) is 5.52. The third kappa shape index (κ3) is 8.31. The number of alkyl halides is 1. The van der Waals surface area contributed by atoms with Crippen LogP contribution in [0.5, 0.6) is 0 Å². The normalized spacial score (nSPS) is 16.2. The van der Waals surface area contributed by atoms with Crippen LogP contribution >= 0.6 is 22.6 Å². The molecule has 10 heteroatoms. The zero-order valence-electron chi connectivity index (χ0n) is 16.4. The molecule has 0 spiro atoms. The molecule has 0 amide bonds. The lowest BCUT2D eigenvalue weighted by atomic mass is 9.80. The first-order chi connectivity index (χ1) is 13.5. The molecule has 9 nitrogen and oxygen atoms in total. The summed E-state index contributed by atoms with van der Waals surface area (Å²) in [4.78, 5) is 28.9. The number of rotatable bonds is 12. The van der Waals surface area contributed by atoms with Crippen LogP contribution in [0, 0.1) is 10.8 Å². The van der Waals surface area contributed by atoms with Gasteiger partial charge in [0.05, 0.1) is 31.3 Å². The first-order valence-corrected chi connectivity index (χ1v) is 10.8. The van der Waals surface area contributed by atoms with E-state index in [9.17, 15) is 9.59 Å².